The summed E-state index contributed by atoms with van der Waals surface area (Å²) in [6.07, 6.45) is 0. The van der Waals surface area contributed by atoms with Gasteiger partial charge in [0.05, 0.1) is 17.5 Å². The summed E-state index contributed by atoms with van der Waals surface area (Å²) in [7, 11) is -2.28. The first kappa shape index (κ1) is 21.1. The van der Waals surface area contributed by atoms with Gasteiger partial charge in [-0.1, -0.05) is 29.8 Å². The Balaban J connectivity index is 2.08. The Labute approximate surface area is 162 Å². The van der Waals surface area contributed by atoms with Gasteiger partial charge in [-0.15, -0.1) is 0 Å². The second-order valence-electron chi connectivity index (χ2n) is 7.16. The van der Waals surface area contributed by atoms with Gasteiger partial charge >= 0.3 is 0 Å². The Bertz CT molecular complexity index is 935. The van der Waals surface area contributed by atoms with Crippen molar-refractivity contribution in [1.82, 2.24) is 9.62 Å². The van der Waals surface area contributed by atoms with E-state index in [1.165, 1.54) is 12.6 Å². The molecule has 1 amide bonds. The van der Waals surface area contributed by atoms with E-state index in [0.29, 0.717) is 0 Å². The van der Waals surface area contributed by atoms with Gasteiger partial charge in [-0.25, -0.2) is 8.42 Å². The maximum atomic E-state index is 12.6. The van der Waals surface area contributed by atoms with Crippen LogP contribution in [0.5, 0.6) is 0 Å². The van der Waals surface area contributed by atoms with Gasteiger partial charge in [-0.05, 0) is 69.0 Å². The summed E-state index contributed by atoms with van der Waals surface area (Å²) in [5.41, 5.74) is 5.49. The number of benzene rings is 2. The second-order valence-corrected chi connectivity index (χ2v) is 9.20. The molecule has 1 atom stereocenters. The van der Waals surface area contributed by atoms with Crippen LogP contribution in [0.15, 0.2) is 41.3 Å². The molecule has 6 heteroatoms. The Hall–Kier alpha value is -2.18. The van der Waals surface area contributed by atoms with Crippen molar-refractivity contribution >= 4 is 15.9 Å². The molecule has 1 N–H and O–H groups in total. The summed E-state index contributed by atoms with van der Waals surface area (Å²) in [5, 5.41) is 2.90. The van der Waals surface area contributed by atoms with Gasteiger partial charge in [-0.2, -0.15) is 4.31 Å². The number of hydrogen-bond donors (Lipinski definition) is 1. The van der Waals surface area contributed by atoms with E-state index in [1.807, 2.05) is 27.7 Å². The lowest BCUT2D eigenvalue weighted by atomic mass is 9.96. The lowest BCUT2D eigenvalue weighted by molar-refractivity contribution is -0.121. The van der Waals surface area contributed by atoms with E-state index >= 15 is 0 Å². The van der Waals surface area contributed by atoms with E-state index in [9.17, 15) is 13.2 Å². The number of likely N-dealkylation sites (N-methyl/N-ethyl adjacent to an activating group) is 1. The van der Waals surface area contributed by atoms with Crippen molar-refractivity contribution < 1.29 is 13.2 Å². The summed E-state index contributed by atoms with van der Waals surface area (Å²) < 4.78 is 26.3. The van der Waals surface area contributed by atoms with Crippen LogP contribution in [0.2, 0.25) is 0 Å². The van der Waals surface area contributed by atoms with Gasteiger partial charge in [0.1, 0.15) is 0 Å². The molecule has 0 fully saturated rings. The van der Waals surface area contributed by atoms with Crippen LogP contribution in [0.25, 0.3) is 0 Å². The number of rotatable bonds is 6. The molecular formula is C21H28N2O3S. The van der Waals surface area contributed by atoms with Crippen molar-refractivity contribution in [2.24, 2.45) is 0 Å². The maximum absolute atomic E-state index is 12.6. The predicted molar refractivity (Wildman–Crippen MR) is 108 cm³/mol. The van der Waals surface area contributed by atoms with Crippen molar-refractivity contribution in [2.75, 3.05) is 13.6 Å². The van der Waals surface area contributed by atoms with Crippen LogP contribution in [0.4, 0.5) is 0 Å². The molecule has 0 aliphatic carbocycles. The van der Waals surface area contributed by atoms with E-state index < -0.39 is 10.0 Å². The number of carbonyl (C=O) groups excluding carboxylic acids is 1. The Kier molecular flexibility index (Phi) is 6.44. The van der Waals surface area contributed by atoms with Gasteiger partial charge in [0.15, 0.2) is 0 Å². The lowest BCUT2D eigenvalue weighted by Gasteiger charge is -2.21. The number of nitrogens with one attached hydrogen (secondary N) is 1. The number of sulfonamides is 1. The third-order valence-electron chi connectivity index (χ3n) is 4.82. The highest BCUT2D eigenvalue weighted by atomic mass is 32.2. The molecule has 1 unspecified atom stereocenters. The van der Waals surface area contributed by atoms with Crippen LogP contribution in [0.3, 0.4) is 0 Å². The van der Waals surface area contributed by atoms with Crippen LogP contribution in [0, 0.1) is 27.7 Å². The van der Waals surface area contributed by atoms with Gasteiger partial charge in [0.2, 0.25) is 15.9 Å². The summed E-state index contributed by atoms with van der Waals surface area (Å²) in [6.45, 7) is 9.67. The Morgan fingerprint density at radius 2 is 1.56 bits per heavy atom. The van der Waals surface area contributed by atoms with E-state index in [2.05, 4.69) is 24.4 Å². The number of aryl methyl sites for hydroxylation is 4. The first-order valence-electron chi connectivity index (χ1n) is 8.92. The topological polar surface area (TPSA) is 66.5 Å². The molecule has 0 aromatic heterocycles. The van der Waals surface area contributed by atoms with Crippen molar-refractivity contribution in [3.8, 4) is 0 Å². The molecule has 0 saturated carbocycles. The highest BCUT2D eigenvalue weighted by molar-refractivity contribution is 7.89. The van der Waals surface area contributed by atoms with Crippen LogP contribution < -0.4 is 5.32 Å². The quantitative estimate of drug-likeness (QED) is 0.825. The van der Waals surface area contributed by atoms with Gasteiger partial charge < -0.3 is 5.32 Å². The van der Waals surface area contributed by atoms with Crippen LogP contribution in [-0.2, 0) is 14.8 Å². The molecule has 2 aromatic carbocycles. The van der Waals surface area contributed by atoms with Crippen LogP contribution in [-0.4, -0.2) is 32.2 Å². The first-order chi connectivity index (χ1) is 12.5. The zero-order valence-corrected chi connectivity index (χ0v) is 17.6. The fourth-order valence-electron chi connectivity index (χ4n) is 2.99. The van der Waals surface area contributed by atoms with Gasteiger partial charge in [-0.3, -0.25) is 4.79 Å². The number of hydrogen-bond acceptors (Lipinski definition) is 3. The maximum Gasteiger partial charge on any atom is 0.243 e. The SMILES string of the molecule is Cc1ccc(S(=O)(=O)N(C)CC(=O)NC(C)c2cc(C)c(C)cc2C)cc1. The number of nitrogens with zero attached hydrogens (tertiary/aromatic N) is 1. The highest BCUT2D eigenvalue weighted by Gasteiger charge is 2.23. The average molecular weight is 389 g/mol. The highest BCUT2D eigenvalue weighted by Crippen LogP contribution is 2.22. The summed E-state index contributed by atoms with van der Waals surface area (Å²) >= 11 is 0. The minimum atomic E-state index is -3.70. The summed E-state index contributed by atoms with van der Waals surface area (Å²) in [5.74, 6) is -0.335. The van der Waals surface area contributed by atoms with Crippen molar-refractivity contribution in [1.29, 1.82) is 0 Å². The van der Waals surface area contributed by atoms with Crippen molar-refractivity contribution in [3.05, 3.63) is 64.2 Å². The van der Waals surface area contributed by atoms with E-state index in [1.54, 1.807) is 24.3 Å². The molecule has 5 nitrogen and oxygen atoms in total. The molecule has 0 heterocycles. The third-order valence-corrected chi connectivity index (χ3v) is 6.64. The van der Waals surface area contributed by atoms with Gasteiger partial charge in [0.25, 0.3) is 0 Å². The molecular weight excluding hydrogens is 360 g/mol. The zero-order valence-electron chi connectivity index (χ0n) is 16.8. The molecule has 2 aromatic rings. The monoisotopic (exact) mass is 388 g/mol. The average Bonchev–Trinajstić information content (AvgIpc) is 2.58. The van der Waals surface area contributed by atoms with Crippen molar-refractivity contribution in [2.45, 2.75) is 45.6 Å². The standard InChI is InChI=1S/C21H28N2O3S/c1-14-7-9-19(10-8-14)27(25,26)23(6)13-21(24)22-18(5)20-12-16(3)15(2)11-17(20)4/h7-12,18H,13H2,1-6H3,(H,22,24). The third kappa shape index (κ3) is 4.96. The summed E-state index contributed by atoms with van der Waals surface area (Å²) in [6, 6.07) is 10.6. The Morgan fingerprint density at radius 1 is 1.00 bits per heavy atom. The zero-order chi connectivity index (χ0) is 20.4. The number of carbonyl (C=O) groups is 1. The van der Waals surface area contributed by atoms with Crippen LogP contribution in [0.1, 0.15) is 40.8 Å². The number of amides is 1. The molecule has 0 aliphatic rings. The van der Waals surface area contributed by atoms with E-state index in [-0.39, 0.29) is 23.4 Å². The largest absolute Gasteiger partial charge is 0.348 e. The molecule has 0 saturated heterocycles. The molecule has 146 valence electrons. The molecule has 2 rings (SSSR count). The molecule has 27 heavy (non-hydrogen) atoms. The summed E-state index contributed by atoms with van der Waals surface area (Å²) in [4.78, 5) is 12.6. The fraction of sp³-hybridized carbons (Fsp3) is 0.381. The predicted octanol–water partition coefficient (Wildman–Crippen LogP) is 3.42. The van der Waals surface area contributed by atoms with E-state index in [4.69, 9.17) is 0 Å². The smallest absolute Gasteiger partial charge is 0.243 e. The molecule has 0 bridgehead atoms. The van der Waals surface area contributed by atoms with Crippen LogP contribution >= 0.6 is 0 Å². The normalized spacial score (nSPS) is 12.9. The minimum absolute atomic E-state index is 0.182. The molecule has 0 radical (unpaired) electrons. The lowest BCUT2D eigenvalue weighted by Crippen LogP contribution is -2.39. The fourth-order valence-corrected chi connectivity index (χ4v) is 4.12. The Morgan fingerprint density at radius 3 is 2.15 bits per heavy atom. The van der Waals surface area contributed by atoms with E-state index in [0.717, 1.165) is 26.6 Å². The molecule has 0 spiro atoms. The minimum Gasteiger partial charge on any atom is -0.348 e. The second kappa shape index (κ2) is 8.23. The van der Waals surface area contributed by atoms with Crippen molar-refractivity contribution in [3.63, 3.8) is 0 Å². The van der Waals surface area contributed by atoms with Gasteiger partial charge in [0, 0.05) is 7.05 Å². The first-order valence-corrected chi connectivity index (χ1v) is 10.4. The molecule has 0 aliphatic heterocycles.